The van der Waals surface area contributed by atoms with Crippen LogP contribution in [-0.4, -0.2) is 22.5 Å². The van der Waals surface area contributed by atoms with E-state index in [4.69, 9.17) is 0 Å². The topological polar surface area (TPSA) is 25.8 Å². The van der Waals surface area contributed by atoms with Crippen molar-refractivity contribution >= 4 is 66.6 Å². The normalized spacial score (nSPS) is 11.6. The summed E-state index contributed by atoms with van der Waals surface area (Å²) in [6, 6.07) is 4.30. The molecule has 3 aromatic rings. The first kappa shape index (κ1) is 10.8. The maximum atomic E-state index is 4.56. The molecule has 6 heteroatoms. The van der Waals surface area contributed by atoms with Crippen LogP contribution in [0.1, 0.15) is 0 Å². The summed E-state index contributed by atoms with van der Waals surface area (Å²) < 4.78 is 4.76. The van der Waals surface area contributed by atoms with E-state index in [1.54, 1.807) is 46.2 Å². The number of benzene rings is 1. The summed E-state index contributed by atoms with van der Waals surface area (Å²) >= 11 is 6.90. The largest absolute Gasteiger partial charge is 0.230 e. The lowest BCUT2D eigenvalue weighted by atomic mass is 10.3. The highest BCUT2D eigenvalue weighted by atomic mass is 32.2. The highest BCUT2D eigenvalue weighted by Crippen LogP contribution is 2.35. The minimum absolute atomic E-state index is 1.07. The van der Waals surface area contributed by atoms with Gasteiger partial charge in [-0.25, -0.2) is 9.97 Å². The quantitative estimate of drug-likeness (QED) is 0.653. The minimum Gasteiger partial charge on any atom is -0.230 e. The molecular weight excluding hydrogens is 276 g/mol. The zero-order valence-electron chi connectivity index (χ0n) is 8.68. The molecule has 0 fully saturated rings. The average molecular weight is 284 g/mol. The van der Waals surface area contributed by atoms with Crippen LogP contribution in [0.25, 0.3) is 20.4 Å². The van der Waals surface area contributed by atoms with Gasteiger partial charge in [-0.15, -0.1) is 22.7 Å². The van der Waals surface area contributed by atoms with E-state index < -0.39 is 0 Å². The zero-order valence-corrected chi connectivity index (χ0v) is 11.9. The van der Waals surface area contributed by atoms with Gasteiger partial charge >= 0.3 is 0 Å². The van der Waals surface area contributed by atoms with Crippen molar-refractivity contribution in [2.75, 3.05) is 12.5 Å². The molecule has 0 aliphatic carbocycles. The molecule has 0 saturated heterocycles. The van der Waals surface area contributed by atoms with E-state index in [0.717, 1.165) is 19.7 Å². The molecule has 3 rings (SSSR count). The van der Waals surface area contributed by atoms with Gasteiger partial charge in [0.15, 0.2) is 8.68 Å². The molecule has 0 aliphatic rings. The van der Waals surface area contributed by atoms with E-state index >= 15 is 0 Å². The molecule has 0 saturated carbocycles. The van der Waals surface area contributed by atoms with E-state index in [1.807, 2.05) is 0 Å². The molecule has 0 atom stereocenters. The Bertz CT molecular complexity index is 550. The fourth-order valence-corrected chi connectivity index (χ4v) is 4.58. The highest BCUT2D eigenvalue weighted by molar-refractivity contribution is 8.00. The summed E-state index contributed by atoms with van der Waals surface area (Å²) in [4.78, 5) is 9.11. The van der Waals surface area contributed by atoms with Crippen LogP contribution in [0.4, 0.5) is 0 Å². The van der Waals surface area contributed by atoms with Crippen LogP contribution >= 0.6 is 46.2 Å². The van der Waals surface area contributed by atoms with Crippen molar-refractivity contribution in [3.63, 3.8) is 0 Å². The molecule has 82 valence electrons. The van der Waals surface area contributed by atoms with Crippen molar-refractivity contribution in [1.82, 2.24) is 9.97 Å². The first-order valence-electron chi connectivity index (χ1n) is 4.59. The molecule has 0 radical (unpaired) electrons. The molecule has 2 nitrogen and oxygen atoms in total. The first-order chi connectivity index (χ1) is 7.80. The summed E-state index contributed by atoms with van der Waals surface area (Å²) in [5.74, 6) is 0. The molecule has 16 heavy (non-hydrogen) atoms. The summed E-state index contributed by atoms with van der Waals surface area (Å²) in [6.07, 6.45) is 4.12. The SMILES string of the molecule is CSc1nc2cc3nc(SC)sc3cc2s1. The first-order valence-corrected chi connectivity index (χ1v) is 8.67. The van der Waals surface area contributed by atoms with Gasteiger partial charge in [0, 0.05) is 0 Å². The molecule has 0 amide bonds. The number of aromatic nitrogens is 2. The summed E-state index contributed by atoms with van der Waals surface area (Å²) in [5.41, 5.74) is 2.14. The van der Waals surface area contributed by atoms with Gasteiger partial charge in [-0.05, 0) is 24.6 Å². The fourth-order valence-electron chi connectivity index (χ4n) is 1.48. The van der Waals surface area contributed by atoms with Crippen LogP contribution in [0.5, 0.6) is 0 Å². The standard InChI is InChI=1S/C10H8N2S4/c1-13-9-11-5-3-6-8(4-7(5)15-9)16-10(12-6)14-2/h3-4H,1-2H3. The summed E-state index contributed by atoms with van der Waals surface area (Å²) in [7, 11) is 0. The molecular formula is C10H8N2S4. The highest BCUT2D eigenvalue weighted by Gasteiger charge is 2.08. The second-order valence-corrected chi connectivity index (χ2v) is 7.32. The second-order valence-electron chi connectivity index (χ2n) is 3.16. The predicted octanol–water partition coefficient (Wildman–Crippen LogP) is 4.35. The Morgan fingerprint density at radius 2 is 1.38 bits per heavy atom. The van der Waals surface area contributed by atoms with E-state index in [0.29, 0.717) is 0 Å². The van der Waals surface area contributed by atoms with Gasteiger partial charge < -0.3 is 0 Å². The van der Waals surface area contributed by atoms with Crippen molar-refractivity contribution in [1.29, 1.82) is 0 Å². The number of hydrogen-bond acceptors (Lipinski definition) is 6. The Hall–Kier alpha value is -0.300. The molecule has 1 aromatic carbocycles. The van der Waals surface area contributed by atoms with Crippen LogP contribution in [-0.2, 0) is 0 Å². The Labute approximate surface area is 109 Å². The second kappa shape index (κ2) is 4.18. The maximum Gasteiger partial charge on any atom is 0.150 e. The third-order valence-corrected chi connectivity index (χ3v) is 6.21. The van der Waals surface area contributed by atoms with Crippen molar-refractivity contribution in [2.24, 2.45) is 0 Å². The zero-order chi connectivity index (χ0) is 11.1. The van der Waals surface area contributed by atoms with Crippen LogP contribution in [0.2, 0.25) is 0 Å². The van der Waals surface area contributed by atoms with E-state index in [9.17, 15) is 0 Å². The number of nitrogens with zero attached hydrogens (tertiary/aromatic N) is 2. The van der Waals surface area contributed by atoms with Crippen LogP contribution in [0, 0.1) is 0 Å². The van der Waals surface area contributed by atoms with Gasteiger partial charge in [-0.2, -0.15) is 0 Å². The maximum absolute atomic E-state index is 4.56. The Kier molecular flexibility index (Phi) is 2.83. The molecule has 0 spiro atoms. The lowest BCUT2D eigenvalue weighted by Crippen LogP contribution is -1.70. The number of thiazole rings is 2. The molecule has 0 N–H and O–H groups in total. The van der Waals surface area contributed by atoms with Crippen molar-refractivity contribution in [3.05, 3.63) is 12.1 Å². The number of rotatable bonds is 2. The van der Waals surface area contributed by atoms with Crippen molar-refractivity contribution in [2.45, 2.75) is 8.68 Å². The van der Waals surface area contributed by atoms with Gasteiger partial charge in [-0.3, -0.25) is 0 Å². The predicted molar refractivity (Wildman–Crippen MR) is 76.4 cm³/mol. The molecule has 2 heterocycles. The van der Waals surface area contributed by atoms with E-state index in [1.165, 1.54) is 9.40 Å². The smallest absolute Gasteiger partial charge is 0.150 e. The van der Waals surface area contributed by atoms with Gasteiger partial charge in [-0.1, -0.05) is 23.5 Å². The van der Waals surface area contributed by atoms with E-state index in [2.05, 4.69) is 34.6 Å². The van der Waals surface area contributed by atoms with Crippen molar-refractivity contribution in [3.8, 4) is 0 Å². The van der Waals surface area contributed by atoms with E-state index in [-0.39, 0.29) is 0 Å². The Morgan fingerprint density at radius 3 is 1.81 bits per heavy atom. The van der Waals surface area contributed by atoms with Crippen LogP contribution in [0.15, 0.2) is 20.8 Å². The summed E-state index contributed by atoms with van der Waals surface area (Å²) in [5, 5.41) is 0. The number of hydrogen-bond donors (Lipinski definition) is 0. The average Bonchev–Trinajstić information content (AvgIpc) is 2.86. The van der Waals surface area contributed by atoms with Gasteiger partial charge in [0.1, 0.15) is 0 Å². The molecule has 2 aromatic heterocycles. The number of thioether (sulfide) groups is 2. The van der Waals surface area contributed by atoms with Crippen LogP contribution in [0.3, 0.4) is 0 Å². The third-order valence-electron chi connectivity index (χ3n) is 2.21. The number of fused-ring (bicyclic) bond motifs is 2. The summed E-state index contributed by atoms with van der Waals surface area (Å²) in [6.45, 7) is 0. The van der Waals surface area contributed by atoms with Gasteiger partial charge in [0.05, 0.1) is 20.4 Å². The Morgan fingerprint density at radius 1 is 0.875 bits per heavy atom. The third kappa shape index (κ3) is 1.73. The van der Waals surface area contributed by atoms with Gasteiger partial charge in [0.2, 0.25) is 0 Å². The molecule has 0 bridgehead atoms. The minimum atomic E-state index is 1.07. The lowest BCUT2D eigenvalue weighted by Gasteiger charge is -1.86. The fraction of sp³-hybridized carbons (Fsp3) is 0.200. The molecule has 0 unspecified atom stereocenters. The van der Waals surface area contributed by atoms with Gasteiger partial charge in [0.25, 0.3) is 0 Å². The van der Waals surface area contributed by atoms with Crippen molar-refractivity contribution < 1.29 is 0 Å². The lowest BCUT2D eigenvalue weighted by molar-refractivity contribution is 1.29. The monoisotopic (exact) mass is 284 g/mol. The van der Waals surface area contributed by atoms with Crippen LogP contribution < -0.4 is 0 Å². The Balaban J connectivity index is 2.28. The molecule has 0 aliphatic heterocycles.